The van der Waals surface area contributed by atoms with E-state index in [9.17, 15) is 4.79 Å². The lowest BCUT2D eigenvalue weighted by atomic mass is 10.2. The molecule has 5 aromatic rings. The van der Waals surface area contributed by atoms with Gasteiger partial charge in [-0.2, -0.15) is 9.78 Å². The predicted molar refractivity (Wildman–Crippen MR) is 131 cm³/mol. The van der Waals surface area contributed by atoms with E-state index in [1.165, 1.54) is 10.9 Å². The van der Waals surface area contributed by atoms with Gasteiger partial charge in [-0.1, -0.05) is 18.2 Å². The number of furan rings is 2. The highest BCUT2D eigenvalue weighted by Crippen LogP contribution is 2.33. The minimum Gasteiger partial charge on any atom is -0.496 e. The third kappa shape index (κ3) is 3.44. The molecular weight excluding hydrogens is 432 g/mol. The molecule has 1 saturated heterocycles. The molecule has 34 heavy (non-hydrogen) atoms. The fourth-order valence-electron chi connectivity index (χ4n) is 4.35. The van der Waals surface area contributed by atoms with Gasteiger partial charge in [0.2, 0.25) is 5.82 Å². The lowest BCUT2D eigenvalue weighted by molar-refractivity contribution is 0.419. The summed E-state index contributed by atoms with van der Waals surface area (Å²) in [5, 5.41) is 5.73. The van der Waals surface area contributed by atoms with Gasteiger partial charge in [0.05, 0.1) is 29.6 Å². The van der Waals surface area contributed by atoms with Crippen LogP contribution >= 0.6 is 0 Å². The normalized spacial score (nSPS) is 14.1. The molecule has 0 spiro atoms. The Kier molecular flexibility index (Phi) is 4.91. The minimum atomic E-state index is -0.296. The van der Waals surface area contributed by atoms with Gasteiger partial charge in [-0.05, 0) is 49.2 Å². The van der Waals surface area contributed by atoms with E-state index >= 15 is 0 Å². The first-order chi connectivity index (χ1) is 16.7. The number of ether oxygens (including phenoxy) is 1. The molecule has 0 aliphatic carbocycles. The molecule has 8 nitrogen and oxygen atoms in total. The molecular formula is C26H22N4O4. The van der Waals surface area contributed by atoms with Crippen molar-refractivity contribution in [3.05, 3.63) is 76.8 Å². The van der Waals surface area contributed by atoms with Gasteiger partial charge in [0.1, 0.15) is 17.1 Å². The number of hydrogen-bond donors (Lipinski definition) is 0. The number of methoxy groups -OCH3 is 1. The van der Waals surface area contributed by atoms with Crippen molar-refractivity contribution >= 4 is 34.0 Å². The highest BCUT2D eigenvalue weighted by atomic mass is 16.5. The molecule has 0 atom stereocenters. The van der Waals surface area contributed by atoms with Crippen LogP contribution in [0.3, 0.4) is 0 Å². The number of hydrogen-bond acceptors (Lipinski definition) is 7. The highest BCUT2D eigenvalue weighted by Gasteiger charge is 2.18. The van der Waals surface area contributed by atoms with Crippen LogP contribution in [0.4, 0.5) is 5.88 Å². The first-order valence-electron chi connectivity index (χ1n) is 11.2. The van der Waals surface area contributed by atoms with Crippen LogP contribution in [-0.4, -0.2) is 36.1 Å². The number of aromatic nitrogens is 2. The second kappa shape index (κ2) is 8.22. The smallest absolute Gasteiger partial charge is 0.282 e. The zero-order chi connectivity index (χ0) is 23.1. The lowest BCUT2D eigenvalue weighted by Gasteiger charge is -2.12. The first kappa shape index (κ1) is 20.3. The molecule has 4 heterocycles. The summed E-state index contributed by atoms with van der Waals surface area (Å²) in [6, 6.07) is 18.3. The molecule has 0 radical (unpaired) electrons. The Balaban J connectivity index is 1.48. The van der Waals surface area contributed by atoms with Gasteiger partial charge in [-0.25, -0.2) is 4.98 Å². The SMILES string of the molecule is COc1cccc2oc(-c3nc4ccccc4c(=O)n3N=Cc3ccc(N4CCCC4)o3)cc12. The Labute approximate surface area is 194 Å². The molecule has 0 amide bonds. The molecule has 1 aliphatic heterocycles. The number of fused-ring (bicyclic) bond motifs is 2. The summed E-state index contributed by atoms with van der Waals surface area (Å²) in [7, 11) is 1.61. The van der Waals surface area contributed by atoms with Crippen molar-refractivity contribution in [3.8, 4) is 17.3 Å². The van der Waals surface area contributed by atoms with E-state index in [1.54, 1.807) is 25.3 Å². The molecule has 6 rings (SSSR count). The van der Waals surface area contributed by atoms with Crippen molar-refractivity contribution in [2.45, 2.75) is 12.8 Å². The second-order valence-electron chi connectivity index (χ2n) is 8.17. The van der Waals surface area contributed by atoms with Crippen molar-refractivity contribution < 1.29 is 13.6 Å². The van der Waals surface area contributed by atoms with Crippen LogP contribution in [0, 0.1) is 0 Å². The molecule has 0 bridgehead atoms. The predicted octanol–water partition coefficient (Wildman–Crippen LogP) is 4.89. The number of para-hydroxylation sites is 1. The monoisotopic (exact) mass is 454 g/mol. The summed E-state index contributed by atoms with van der Waals surface area (Å²) in [6.45, 7) is 1.97. The Morgan fingerprint density at radius 1 is 1.00 bits per heavy atom. The Hall–Kier alpha value is -4.33. The van der Waals surface area contributed by atoms with Crippen LogP contribution in [0.2, 0.25) is 0 Å². The maximum Gasteiger partial charge on any atom is 0.282 e. The average molecular weight is 454 g/mol. The van der Waals surface area contributed by atoms with Gasteiger partial charge in [-0.3, -0.25) is 4.79 Å². The van der Waals surface area contributed by atoms with Crippen LogP contribution in [0.25, 0.3) is 33.5 Å². The lowest BCUT2D eigenvalue weighted by Crippen LogP contribution is -2.20. The number of benzene rings is 2. The van der Waals surface area contributed by atoms with Gasteiger partial charge < -0.3 is 18.5 Å². The molecule has 8 heteroatoms. The fourth-order valence-corrected chi connectivity index (χ4v) is 4.35. The fraction of sp³-hybridized carbons (Fsp3) is 0.192. The molecule has 0 N–H and O–H groups in total. The Morgan fingerprint density at radius 2 is 1.85 bits per heavy atom. The quantitative estimate of drug-likeness (QED) is 0.351. The maximum absolute atomic E-state index is 13.4. The maximum atomic E-state index is 13.4. The topological polar surface area (TPSA) is 86.0 Å². The highest BCUT2D eigenvalue weighted by molar-refractivity contribution is 5.88. The minimum absolute atomic E-state index is 0.296. The summed E-state index contributed by atoms with van der Waals surface area (Å²) < 4.78 is 18.7. The van der Waals surface area contributed by atoms with Crippen LogP contribution in [0.15, 0.2) is 79.4 Å². The number of rotatable bonds is 5. The molecule has 0 unspecified atom stereocenters. The van der Waals surface area contributed by atoms with Crippen LogP contribution < -0.4 is 15.2 Å². The molecule has 3 aromatic heterocycles. The van der Waals surface area contributed by atoms with Crippen molar-refractivity contribution in [2.24, 2.45) is 5.10 Å². The number of anilines is 1. The summed E-state index contributed by atoms with van der Waals surface area (Å²) >= 11 is 0. The van der Waals surface area contributed by atoms with Crippen molar-refractivity contribution in [1.29, 1.82) is 0 Å². The Bertz CT molecular complexity index is 1590. The van der Waals surface area contributed by atoms with Crippen molar-refractivity contribution in [1.82, 2.24) is 9.66 Å². The van der Waals surface area contributed by atoms with Crippen LogP contribution in [0.1, 0.15) is 18.6 Å². The van der Waals surface area contributed by atoms with E-state index in [4.69, 9.17) is 18.6 Å². The third-order valence-electron chi connectivity index (χ3n) is 6.05. The van der Waals surface area contributed by atoms with Gasteiger partial charge in [0, 0.05) is 19.2 Å². The summed E-state index contributed by atoms with van der Waals surface area (Å²) in [5.41, 5.74) is 0.903. The Morgan fingerprint density at radius 3 is 2.71 bits per heavy atom. The van der Waals surface area contributed by atoms with E-state index in [2.05, 4.69) is 10.0 Å². The van der Waals surface area contributed by atoms with Crippen molar-refractivity contribution in [2.75, 3.05) is 25.1 Å². The van der Waals surface area contributed by atoms with E-state index < -0.39 is 0 Å². The molecule has 0 saturated carbocycles. The largest absolute Gasteiger partial charge is 0.496 e. The van der Waals surface area contributed by atoms with Gasteiger partial charge in [0.15, 0.2) is 11.6 Å². The van der Waals surface area contributed by atoms with E-state index in [0.717, 1.165) is 37.2 Å². The molecule has 170 valence electrons. The molecule has 2 aromatic carbocycles. The summed E-state index contributed by atoms with van der Waals surface area (Å²) in [6.07, 6.45) is 3.85. The first-order valence-corrected chi connectivity index (χ1v) is 11.2. The summed E-state index contributed by atoms with van der Waals surface area (Å²) in [4.78, 5) is 20.3. The molecule has 1 fully saturated rings. The second-order valence-corrected chi connectivity index (χ2v) is 8.17. The molecule has 1 aliphatic rings. The van der Waals surface area contributed by atoms with Gasteiger partial charge >= 0.3 is 0 Å². The van der Waals surface area contributed by atoms with E-state index in [-0.39, 0.29) is 5.56 Å². The van der Waals surface area contributed by atoms with Crippen LogP contribution in [0.5, 0.6) is 5.75 Å². The third-order valence-corrected chi connectivity index (χ3v) is 6.05. The number of nitrogens with zero attached hydrogens (tertiary/aromatic N) is 4. The zero-order valence-electron chi connectivity index (χ0n) is 18.6. The van der Waals surface area contributed by atoms with E-state index in [0.29, 0.717) is 39.6 Å². The average Bonchev–Trinajstić information content (AvgIpc) is 3.63. The standard InChI is InChI=1S/C26H22N4O4/c1-32-21-9-6-10-22-19(21)15-23(34-22)25-28-20-8-3-2-7-18(20)26(31)30(25)27-16-17-11-12-24(33-17)29-13-4-5-14-29/h2-3,6-12,15-16H,4-5,13-14H2,1H3. The zero-order valence-corrected chi connectivity index (χ0v) is 18.6. The van der Waals surface area contributed by atoms with E-state index in [1.807, 2.05) is 42.5 Å². The summed E-state index contributed by atoms with van der Waals surface area (Å²) in [5.74, 6) is 2.75. The van der Waals surface area contributed by atoms with Crippen molar-refractivity contribution in [3.63, 3.8) is 0 Å². The van der Waals surface area contributed by atoms with Gasteiger partial charge in [-0.15, -0.1) is 0 Å². The van der Waals surface area contributed by atoms with Crippen LogP contribution in [-0.2, 0) is 0 Å². The van der Waals surface area contributed by atoms with Gasteiger partial charge in [0.25, 0.3) is 5.56 Å².